The first-order valence-electron chi connectivity index (χ1n) is 9.25. The molecule has 2 N–H and O–H groups in total. The molecule has 8 heteroatoms. The highest BCUT2D eigenvalue weighted by atomic mass is 32.2. The van der Waals surface area contributed by atoms with Crippen molar-refractivity contribution in [2.24, 2.45) is 0 Å². The first-order valence-corrected chi connectivity index (χ1v) is 11.5. The number of anilines is 1. The standard InChI is InChI=1S/C21H23N3O3S2/c1-4-18-21(29(26,27)22-3)28-20(24-18)14(2)19(25)23-17-12-10-16(11-13-17)15-8-6-5-7-9-15/h5-14,22H,4H2,1-3H3,(H,23,25). The van der Waals surface area contributed by atoms with E-state index in [0.717, 1.165) is 22.5 Å². The molecular weight excluding hydrogens is 406 g/mol. The van der Waals surface area contributed by atoms with Crippen molar-refractivity contribution in [1.29, 1.82) is 0 Å². The third-order valence-electron chi connectivity index (χ3n) is 4.55. The second kappa shape index (κ2) is 8.86. The van der Waals surface area contributed by atoms with Crippen molar-refractivity contribution < 1.29 is 13.2 Å². The lowest BCUT2D eigenvalue weighted by atomic mass is 10.1. The highest BCUT2D eigenvalue weighted by molar-refractivity contribution is 7.91. The Morgan fingerprint density at radius 1 is 1.07 bits per heavy atom. The Kier molecular flexibility index (Phi) is 6.46. The van der Waals surface area contributed by atoms with E-state index in [1.807, 2.05) is 61.5 Å². The fourth-order valence-electron chi connectivity index (χ4n) is 2.81. The average Bonchev–Trinajstić information content (AvgIpc) is 3.20. The van der Waals surface area contributed by atoms with E-state index in [-0.39, 0.29) is 10.1 Å². The number of sulfonamides is 1. The van der Waals surface area contributed by atoms with Gasteiger partial charge in [-0.2, -0.15) is 0 Å². The van der Waals surface area contributed by atoms with Gasteiger partial charge in [0.25, 0.3) is 10.0 Å². The molecule has 3 aromatic rings. The molecule has 152 valence electrons. The minimum atomic E-state index is -3.60. The number of hydrogen-bond donors (Lipinski definition) is 2. The Labute approximate surface area is 175 Å². The number of carbonyl (C=O) groups excluding carboxylic acids is 1. The molecule has 0 aliphatic carbocycles. The zero-order chi connectivity index (χ0) is 21.0. The fraction of sp³-hybridized carbons (Fsp3) is 0.238. The van der Waals surface area contributed by atoms with E-state index in [0.29, 0.717) is 22.8 Å². The molecule has 1 aromatic heterocycles. The van der Waals surface area contributed by atoms with Gasteiger partial charge in [-0.15, -0.1) is 11.3 Å². The molecule has 1 unspecified atom stereocenters. The van der Waals surface area contributed by atoms with Gasteiger partial charge in [-0.1, -0.05) is 49.4 Å². The molecule has 1 atom stereocenters. The summed E-state index contributed by atoms with van der Waals surface area (Å²) in [5, 5.41) is 3.36. The van der Waals surface area contributed by atoms with Crippen LogP contribution in [0, 0.1) is 0 Å². The molecule has 1 heterocycles. The predicted octanol–water partition coefficient (Wildman–Crippen LogP) is 4.02. The van der Waals surface area contributed by atoms with Crippen molar-refractivity contribution in [2.45, 2.75) is 30.4 Å². The van der Waals surface area contributed by atoms with Crippen molar-refractivity contribution in [2.75, 3.05) is 12.4 Å². The van der Waals surface area contributed by atoms with Gasteiger partial charge in [0, 0.05) is 5.69 Å². The van der Waals surface area contributed by atoms with Crippen LogP contribution in [-0.2, 0) is 21.2 Å². The van der Waals surface area contributed by atoms with Gasteiger partial charge in [0.15, 0.2) is 4.21 Å². The molecule has 3 rings (SSSR count). The van der Waals surface area contributed by atoms with Crippen LogP contribution in [0.1, 0.15) is 30.5 Å². The summed E-state index contributed by atoms with van der Waals surface area (Å²) in [5.74, 6) is -0.804. The maximum Gasteiger partial charge on any atom is 0.251 e. The Hall–Kier alpha value is -2.55. The van der Waals surface area contributed by atoms with Gasteiger partial charge < -0.3 is 5.32 Å². The number of nitrogens with zero attached hydrogens (tertiary/aromatic N) is 1. The minimum absolute atomic E-state index is 0.171. The third-order valence-corrected chi connectivity index (χ3v) is 7.79. The fourth-order valence-corrected chi connectivity index (χ4v) is 5.37. The summed E-state index contributed by atoms with van der Waals surface area (Å²) < 4.78 is 26.9. The molecule has 2 aromatic carbocycles. The van der Waals surface area contributed by atoms with Crippen LogP contribution in [-0.4, -0.2) is 26.4 Å². The van der Waals surface area contributed by atoms with E-state index in [9.17, 15) is 13.2 Å². The molecule has 6 nitrogen and oxygen atoms in total. The molecule has 0 radical (unpaired) electrons. The molecule has 0 fully saturated rings. The van der Waals surface area contributed by atoms with E-state index in [4.69, 9.17) is 0 Å². The van der Waals surface area contributed by atoms with E-state index in [1.165, 1.54) is 7.05 Å². The number of aromatic nitrogens is 1. The Morgan fingerprint density at radius 2 is 1.69 bits per heavy atom. The van der Waals surface area contributed by atoms with E-state index in [1.54, 1.807) is 6.92 Å². The molecule has 0 bridgehead atoms. The summed E-state index contributed by atoms with van der Waals surface area (Å²) in [6.07, 6.45) is 0.474. The zero-order valence-electron chi connectivity index (χ0n) is 16.5. The van der Waals surface area contributed by atoms with Crippen LogP contribution in [0.25, 0.3) is 11.1 Å². The topological polar surface area (TPSA) is 88.2 Å². The molecule has 29 heavy (non-hydrogen) atoms. The highest BCUT2D eigenvalue weighted by Gasteiger charge is 2.26. The smallest absolute Gasteiger partial charge is 0.251 e. The lowest BCUT2D eigenvalue weighted by Gasteiger charge is -2.10. The van der Waals surface area contributed by atoms with Gasteiger partial charge in [-0.25, -0.2) is 18.1 Å². The number of hydrogen-bond acceptors (Lipinski definition) is 5. The van der Waals surface area contributed by atoms with E-state index < -0.39 is 15.9 Å². The van der Waals surface area contributed by atoms with Crippen molar-refractivity contribution in [3.05, 3.63) is 65.3 Å². The van der Waals surface area contributed by atoms with Crippen LogP contribution in [0.2, 0.25) is 0 Å². The van der Waals surface area contributed by atoms with Gasteiger partial charge in [-0.3, -0.25) is 4.79 Å². The lowest BCUT2D eigenvalue weighted by molar-refractivity contribution is -0.117. The Morgan fingerprint density at radius 3 is 2.28 bits per heavy atom. The number of amides is 1. The summed E-state index contributed by atoms with van der Waals surface area (Å²) in [5.41, 5.74) is 3.32. The first kappa shape index (κ1) is 21.2. The van der Waals surface area contributed by atoms with Gasteiger partial charge in [0.2, 0.25) is 5.91 Å². The Balaban J connectivity index is 1.76. The summed E-state index contributed by atoms with van der Waals surface area (Å²) >= 11 is 1.04. The molecule has 0 saturated carbocycles. The number of aryl methyl sites for hydroxylation is 1. The lowest BCUT2D eigenvalue weighted by Crippen LogP contribution is -2.18. The molecule has 0 aliphatic rings. The van der Waals surface area contributed by atoms with Gasteiger partial charge in [0.05, 0.1) is 11.6 Å². The van der Waals surface area contributed by atoms with Crippen molar-refractivity contribution in [3.63, 3.8) is 0 Å². The minimum Gasteiger partial charge on any atom is -0.325 e. The largest absolute Gasteiger partial charge is 0.325 e. The summed E-state index contributed by atoms with van der Waals surface area (Å²) in [6.45, 7) is 3.56. The van der Waals surface area contributed by atoms with Crippen LogP contribution in [0.3, 0.4) is 0 Å². The van der Waals surface area contributed by atoms with Crippen LogP contribution >= 0.6 is 11.3 Å². The number of thiazole rings is 1. The second-order valence-electron chi connectivity index (χ2n) is 6.50. The van der Waals surface area contributed by atoms with Crippen LogP contribution < -0.4 is 10.0 Å². The predicted molar refractivity (Wildman–Crippen MR) is 117 cm³/mol. The maximum absolute atomic E-state index is 12.7. The summed E-state index contributed by atoms with van der Waals surface area (Å²) in [6, 6.07) is 17.6. The van der Waals surface area contributed by atoms with E-state index in [2.05, 4.69) is 15.0 Å². The maximum atomic E-state index is 12.7. The number of rotatable bonds is 7. The molecular formula is C21H23N3O3S2. The van der Waals surface area contributed by atoms with Crippen LogP contribution in [0.5, 0.6) is 0 Å². The SMILES string of the molecule is CCc1nc(C(C)C(=O)Nc2ccc(-c3ccccc3)cc2)sc1S(=O)(=O)NC. The number of nitrogens with one attached hydrogen (secondary N) is 2. The third kappa shape index (κ3) is 4.72. The molecule has 0 spiro atoms. The monoisotopic (exact) mass is 429 g/mol. The molecule has 0 saturated heterocycles. The van der Waals surface area contributed by atoms with Gasteiger partial charge >= 0.3 is 0 Å². The normalized spacial score (nSPS) is 12.5. The summed E-state index contributed by atoms with van der Waals surface area (Å²) in [7, 11) is -2.23. The number of benzene rings is 2. The molecule has 0 aliphatic heterocycles. The van der Waals surface area contributed by atoms with Gasteiger partial charge in [0.1, 0.15) is 5.01 Å². The Bertz CT molecular complexity index is 1090. The molecule has 1 amide bonds. The van der Waals surface area contributed by atoms with Gasteiger partial charge in [-0.05, 0) is 43.7 Å². The average molecular weight is 430 g/mol. The second-order valence-corrected chi connectivity index (χ2v) is 9.61. The highest BCUT2D eigenvalue weighted by Crippen LogP contribution is 2.30. The van der Waals surface area contributed by atoms with Crippen LogP contribution in [0.4, 0.5) is 5.69 Å². The summed E-state index contributed by atoms with van der Waals surface area (Å²) in [4.78, 5) is 17.1. The van der Waals surface area contributed by atoms with Crippen LogP contribution in [0.15, 0.2) is 58.8 Å². The van der Waals surface area contributed by atoms with Crippen molar-refractivity contribution >= 4 is 33.0 Å². The zero-order valence-corrected chi connectivity index (χ0v) is 18.1. The first-order chi connectivity index (χ1) is 13.9. The van der Waals surface area contributed by atoms with Crippen molar-refractivity contribution in [1.82, 2.24) is 9.71 Å². The quantitative estimate of drug-likeness (QED) is 0.594. The van der Waals surface area contributed by atoms with E-state index >= 15 is 0 Å². The number of carbonyl (C=O) groups is 1. The van der Waals surface area contributed by atoms with Crippen molar-refractivity contribution in [3.8, 4) is 11.1 Å².